The summed E-state index contributed by atoms with van der Waals surface area (Å²) in [5.41, 5.74) is 3.22. The molecule has 0 atom stereocenters. The van der Waals surface area contributed by atoms with Gasteiger partial charge in [0.2, 0.25) is 0 Å². The lowest BCUT2D eigenvalue weighted by Crippen LogP contribution is -2.28. The van der Waals surface area contributed by atoms with Gasteiger partial charge in [-0.15, -0.1) is 11.3 Å². The summed E-state index contributed by atoms with van der Waals surface area (Å²) >= 11 is 1.13. The second-order valence-corrected chi connectivity index (χ2v) is 12.7. The Hall–Kier alpha value is -2.65. The van der Waals surface area contributed by atoms with Crippen molar-refractivity contribution in [3.63, 3.8) is 0 Å². The molecule has 0 aliphatic rings. The molecule has 9 heteroatoms. The molecule has 0 radical (unpaired) electrons. The van der Waals surface area contributed by atoms with Crippen LogP contribution >= 0.6 is 11.3 Å². The maximum absolute atomic E-state index is 12.8. The van der Waals surface area contributed by atoms with Crippen LogP contribution in [0.1, 0.15) is 56.4 Å². The fraction of sp³-hybridized carbons (Fsp3) is 0.417. The molecule has 3 aromatic rings. The highest BCUT2D eigenvalue weighted by molar-refractivity contribution is 7.92. The number of nitrogens with one attached hydrogen (secondary N) is 1. The molecule has 0 spiro atoms. The highest BCUT2D eigenvalue weighted by Gasteiger charge is 2.26. The highest BCUT2D eigenvalue weighted by Crippen LogP contribution is 2.38. The van der Waals surface area contributed by atoms with Crippen LogP contribution in [0.4, 0.5) is 4.79 Å². The van der Waals surface area contributed by atoms with E-state index in [1.807, 2.05) is 37.4 Å². The molecule has 0 saturated heterocycles. The number of imidazole rings is 1. The van der Waals surface area contributed by atoms with Crippen LogP contribution in [0, 0.1) is 12.8 Å². The van der Waals surface area contributed by atoms with E-state index in [0.717, 1.165) is 38.7 Å². The Labute approximate surface area is 199 Å². The minimum Gasteiger partial charge on any atom is -0.464 e. The van der Waals surface area contributed by atoms with E-state index in [-0.39, 0.29) is 9.62 Å². The molecule has 0 unspecified atom stereocenters. The molecular formula is C24H31N3O4S2. The molecule has 0 fully saturated rings. The molecule has 2 aromatic heterocycles. The fourth-order valence-electron chi connectivity index (χ4n) is 3.88. The van der Waals surface area contributed by atoms with Crippen molar-refractivity contribution in [3.8, 4) is 11.1 Å². The third kappa shape index (κ3) is 5.83. The standard InChI is InChI=1S/C24H31N3O4S2/c1-15(2)11-18-13-20(21(32-18)33(30,31)26-23(28)29)19-8-7-17(12-16(19)3)14-27-10-9-25-22(27)24(4,5)6/h7-10,12-13,15,26H,11,14H2,1-6H3,(H,28,29). The smallest absolute Gasteiger partial charge is 0.418 e. The van der Waals surface area contributed by atoms with Crippen LogP contribution in [0.5, 0.6) is 0 Å². The number of amides is 1. The predicted molar refractivity (Wildman–Crippen MR) is 131 cm³/mol. The first-order valence-corrected chi connectivity index (χ1v) is 13.1. The lowest BCUT2D eigenvalue weighted by Gasteiger charge is -2.20. The van der Waals surface area contributed by atoms with Crippen LogP contribution in [0.15, 0.2) is 40.9 Å². The van der Waals surface area contributed by atoms with E-state index in [1.165, 1.54) is 0 Å². The molecule has 0 aliphatic carbocycles. The van der Waals surface area contributed by atoms with Gasteiger partial charge in [0.1, 0.15) is 10.0 Å². The second kappa shape index (κ2) is 9.30. The molecule has 2 N–H and O–H groups in total. The summed E-state index contributed by atoms with van der Waals surface area (Å²) in [6.07, 6.45) is 2.88. The third-order valence-electron chi connectivity index (χ3n) is 5.14. The lowest BCUT2D eigenvalue weighted by atomic mass is 9.95. The Bertz CT molecular complexity index is 1270. The Morgan fingerprint density at radius 3 is 2.48 bits per heavy atom. The topological polar surface area (TPSA) is 101 Å². The molecule has 0 saturated carbocycles. The Balaban J connectivity index is 2.02. The van der Waals surface area contributed by atoms with Gasteiger partial charge in [0, 0.05) is 34.8 Å². The van der Waals surface area contributed by atoms with Crippen LogP contribution in [-0.2, 0) is 28.4 Å². The maximum atomic E-state index is 12.8. The SMILES string of the molecule is Cc1cc(Cn2ccnc2C(C)(C)C)ccc1-c1cc(CC(C)C)sc1S(=O)(=O)NC(=O)O. The first kappa shape index (κ1) is 25.0. The van der Waals surface area contributed by atoms with Gasteiger partial charge in [-0.2, -0.15) is 0 Å². The van der Waals surface area contributed by atoms with Crippen molar-refractivity contribution in [2.24, 2.45) is 5.92 Å². The van der Waals surface area contributed by atoms with E-state index in [1.54, 1.807) is 10.9 Å². The van der Waals surface area contributed by atoms with Crippen molar-refractivity contribution in [2.45, 2.75) is 64.1 Å². The molecule has 178 valence electrons. The molecule has 1 amide bonds. The Kier molecular flexibility index (Phi) is 7.04. The van der Waals surface area contributed by atoms with E-state index in [2.05, 4.69) is 44.2 Å². The summed E-state index contributed by atoms with van der Waals surface area (Å²) in [6, 6.07) is 7.81. The zero-order valence-electron chi connectivity index (χ0n) is 19.8. The highest BCUT2D eigenvalue weighted by atomic mass is 32.2. The van der Waals surface area contributed by atoms with Gasteiger partial charge in [0.25, 0.3) is 10.0 Å². The number of sulfonamides is 1. The first-order valence-electron chi connectivity index (χ1n) is 10.8. The second-order valence-electron chi connectivity index (χ2n) is 9.70. The molecule has 7 nitrogen and oxygen atoms in total. The van der Waals surface area contributed by atoms with Crippen LogP contribution in [0.2, 0.25) is 0 Å². The van der Waals surface area contributed by atoms with Gasteiger partial charge in [-0.1, -0.05) is 52.8 Å². The van der Waals surface area contributed by atoms with Gasteiger partial charge in [0.05, 0.1) is 0 Å². The van der Waals surface area contributed by atoms with Crippen LogP contribution in [0.25, 0.3) is 11.1 Å². The Morgan fingerprint density at radius 2 is 1.91 bits per heavy atom. The van der Waals surface area contributed by atoms with Gasteiger partial charge in [-0.3, -0.25) is 0 Å². The molecule has 0 bridgehead atoms. The number of benzene rings is 1. The van der Waals surface area contributed by atoms with Crippen molar-refractivity contribution in [3.05, 3.63) is 58.5 Å². The zero-order chi connectivity index (χ0) is 24.6. The summed E-state index contributed by atoms with van der Waals surface area (Å²) in [5.74, 6) is 1.34. The minimum absolute atomic E-state index is 0.0287. The summed E-state index contributed by atoms with van der Waals surface area (Å²) in [4.78, 5) is 16.5. The molecule has 2 heterocycles. The Morgan fingerprint density at radius 1 is 1.21 bits per heavy atom. The van der Waals surface area contributed by atoms with Gasteiger partial charge < -0.3 is 9.67 Å². The van der Waals surface area contributed by atoms with Gasteiger partial charge in [-0.05, 0) is 42.0 Å². The quantitative estimate of drug-likeness (QED) is 0.461. The van der Waals surface area contributed by atoms with Crippen molar-refractivity contribution in [1.29, 1.82) is 0 Å². The van der Waals surface area contributed by atoms with Gasteiger partial charge in [0.15, 0.2) is 0 Å². The van der Waals surface area contributed by atoms with E-state index in [9.17, 15) is 13.2 Å². The van der Waals surface area contributed by atoms with Crippen molar-refractivity contribution in [2.75, 3.05) is 0 Å². The first-order chi connectivity index (χ1) is 15.3. The van der Waals surface area contributed by atoms with E-state index in [4.69, 9.17) is 5.11 Å². The molecule has 1 aromatic carbocycles. The van der Waals surface area contributed by atoms with Crippen molar-refractivity contribution >= 4 is 27.5 Å². The number of nitrogens with zero attached hydrogens (tertiary/aromatic N) is 2. The number of carbonyl (C=O) groups is 1. The summed E-state index contributed by atoms with van der Waals surface area (Å²) in [6.45, 7) is 13.1. The molecule has 33 heavy (non-hydrogen) atoms. The van der Waals surface area contributed by atoms with Crippen molar-refractivity contribution < 1.29 is 18.3 Å². The fourth-order valence-corrected chi connectivity index (χ4v) is 6.66. The molecule has 3 rings (SSSR count). The van der Waals surface area contributed by atoms with Gasteiger partial charge >= 0.3 is 6.09 Å². The number of hydrogen-bond acceptors (Lipinski definition) is 5. The number of hydrogen-bond donors (Lipinski definition) is 2. The number of aryl methyl sites for hydroxylation is 1. The summed E-state index contributed by atoms with van der Waals surface area (Å²) < 4.78 is 29.4. The number of aromatic nitrogens is 2. The maximum Gasteiger partial charge on any atom is 0.418 e. The van der Waals surface area contributed by atoms with E-state index >= 15 is 0 Å². The zero-order valence-corrected chi connectivity index (χ0v) is 21.5. The predicted octanol–water partition coefficient (Wildman–Crippen LogP) is 5.42. The number of thiophene rings is 1. The third-order valence-corrected chi connectivity index (χ3v) is 8.16. The molecule has 0 aliphatic heterocycles. The van der Waals surface area contributed by atoms with Crippen LogP contribution in [0.3, 0.4) is 0 Å². The van der Waals surface area contributed by atoms with E-state index in [0.29, 0.717) is 24.4 Å². The number of carboxylic acid groups (broad SMARTS) is 1. The molecular weight excluding hydrogens is 458 g/mol. The average molecular weight is 490 g/mol. The summed E-state index contributed by atoms with van der Waals surface area (Å²) in [7, 11) is -4.19. The monoisotopic (exact) mass is 489 g/mol. The van der Waals surface area contributed by atoms with Gasteiger partial charge in [-0.25, -0.2) is 22.9 Å². The lowest BCUT2D eigenvalue weighted by molar-refractivity contribution is 0.201. The normalized spacial score (nSPS) is 12.3. The van der Waals surface area contributed by atoms with Crippen molar-refractivity contribution in [1.82, 2.24) is 14.3 Å². The van der Waals surface area contributed by atoms with Crippen LogP contribution in [-0.4, -0.2) is 29.2 Å². The summed E-state index contributed by atoms with van der Waals surface area (Å²) in [5, 5.41) is 9.02. The minimum atomic E-state index is -4.19. The largest absolute Gasteiger partial charge is 0.464 e. The number of rotatable bonds is 7. The van der Waals surface area contributed by atoms with Crippen LogP contribution < -0.4 is 4.72 Å². The average Bonchev–Trinajstić information content (AvgIpc) is 3.27. The van der Waals surface area contributed by atoms with E-state index < -0.39 is 16.1 Å².